The molecule has 1 atom stereocenters. The van der Waals surface area contributed by atoms with Gasteiger partial charge in [-0.3, -0.25) is 0 Å². The fourth-order valence-electron chi connectivity index (χ4n) is 1.35. The Kier molecular flexibility index (Phi) is 5.53. The lowest BCUT2D eigenvalue weighted by Crippen LogP contribution is -2.41. The Morgan fingerprint density at radius 2 is 2.00 bits per heavy atom. The number of aliphatic hydroxyl groups is 1. The van der Waals surface area contributed by atoms with Gasteiger partial charge in [-0.25, -0.2) is 0 Å². The highest BCUT2D eigenvalue weighted by Gasteiger charge is 2.19. The maximum absolute atomic E-state index is 9.25. The molecule has 0 aromatic carbocycles. The summed E-state index contributed by atoms with van der Waals surface area (Å²) in [4.78, 5) is 2.23. The van der Waals surface area contributed by atoms with Crippen molar-refractivity contribution >= 4 is 0 Å². The van der Waals surface area contributed by atoms with Crippen molar-refractivity contribution in [2.75, 3.05) is 26.2 Å². The molecule has 3 N–H and O–H groups in total. The van der Waals surface area contributed by atoms with Crippen LogP contribution < -0.4 is 5.73 Å². The van der Waals surface area contributed by atoms with Gasteiger partial charge in [0.2, 0.25) is 0 Å². The van der Waals surface area contributed by atoms with Gasteiger partial charge in [0.1, 0.15) is 0 Å². The van der Waals surface area contributed by atoms with Crippen molar-refractivity contribution in [3.05, 3.63) is 0 Å². The molecule has 0 saturated heterocycles. The van der Waals surface area contributed by atoms with Crippen LogP contribution in [0.3, 0.4) is 0 Å². The van der Waals surface area contributed by atoms with Crippen molar-refractivity contribution < 1.29 is 5.11 Å². The van der Waals surface area contributed by atoms with Gasteiger partial charge in [0.15, 0.2) is 0 Å². The van der Waals surface area contributed by atoms with Gasteiger partial charge >= 0.3 is 0 Å². The second-order valence-corrected chi connectivity index (χ2v) is 4.55. The van der Waals surface area contributed by atoms with Crippen LogP contribution in [0.25, 0.3) is 0 Å². The van der Waals surface area contributed by atoms with E-state index in [9.17, 15) is 5.11 Å². The molecule has 80 valence electrons. The Balaban J connectivity index is 3.97. The summed E-state index contributed by atoms with van der Waals surface area (Å²) in [5.41, 5.74) is 5.79. The van der Waals surface area contributed by atoms with Crippen LogP contribution in [0.4, 0.5) is 0 Å². The van der Waals surface area contributed by atoms with E-state index in [2.05, 4.69) is 25.7 Å². The molecule has 13 heavy (non-hydrogen) atoms. The van der Waals surface area contributed by atoms with Crippen LogP contribution >= 0.6 is 0 Å². The first-order valence-corrected chi connectivity index (χ1v) is 5.01. The third-order valence-corrected chi connectivity index (χ3v) is 2.17. The van der Waals surface area contributed by atoms with E-state index in [1.165, 1.54) is 0 Å². The average molecular weight is 188 g/mol. The van der Waals surface area contributed by atoms with Crippen LogP contribution in [0.1, 0.15) is 27.7 Å². The predicted molar refractivity (Wildman–Crippen MR) is 56.6 cm³/mol. The van der Waals surface area contributed by atoms with Crippen molar-refractivity contribution in [1.29, 1.82) is 0 Å². The van der Waals surface area contributed by atoms with Crippen molar-refractivity contribution in [2.24, 2.45) is 11.1 Å². The van der Waals surface area contributed by atoms with E-state index in [-0.39, 0.29) is 11.5 Å². The molecule has 0 aliphatic rings. The summed E-state index contributed by atoms with van der Waals surface area (Å²) in [6, 6.07) is 0. The van der Waals surface area contributed by atoms with Gasteiger partial charge in [0, 0.05) is 13.1 Å². The topological polar surface area (TPSA) is 49.5 Å². The fourth-order valence-corrected chi connectivity index (χ4v) is 1.35. The summed E-state index contributed by atoms with van der Waals surface area (Å²) in [7, 11) is 0. The van der Waals surface area contributed by atoms with Gasteiger partial charge in [-0.15, -0.1) is 0 Å². The SMILES string of the molecule is CCN(C[C@H](C)O)CC(C)(C)CN. The molecule has 0 amide bonds. The normalized spacial score (nSPS) is 15.0. The highest BCUT2D eigenvalue weighted by atomic mass is 16.3. The van der Waals surface area contributed by atoms with E-state index >= 15 is 0 Å². The summed E-state index contributed by atoms with van der Waals surface area (Å²) < 4.78 is 0. The minimum absolute atomic E-state index is 0.144. The summed E-state index contributed by atoms with van der Waals surface area (Å²) in [5, 5.41) is 9.25. The molecule has 3 nitrogen and oxygen atoms in total. The van der Waals surface area contributed by atoms with Gasteiger partial charge in [-0.05, 0) is 25.4 Å². The second kappa shape index (κ2) is 5.58. The zero-order chi connectivity index (χ0) is 10.5. The Hall–Kier alpha value is -0.120. The molecule has 0 fully saturated rings. The molecule has 0 aliphatic carbocycles. The van der Waals surface area contributed by atoms with Crippen LogP contribution in [0, 0.1) is 5.41 Å². The number of nitrogens with two attached hydrogens (primary N) is 1. The zero-order valence-electron chi connectivity index (χ0n) is 9.38. The number of likely N-dealkylation sites (N-methyl/N-ethyl adjacent to an activating group) is 1. The minimum Gasteiger partial charge on any atom is -0.392 e. The number of hydrogen-bond acceptors (Lipinski definition) is 3. The standard InChI is InChI=1S/C10H24N2O/c1-5-12(6-9(2)13)8-10(3,4)7-11/h9,13H,5-8,11H2,1-4H3/t9-/m0/s1. The van der Waals surface area contributed by atoms with E-state index in [4.69, 9.17) is 5.73 Å². The van der Waals surface area contributed by atoms with Crippen molar-refractivity contribution in [3.8, 4) is 0 Å². The molecule has 0 bridgehead atoms. The Labute approximate surface area is 81.9 Å². The third kappa shape index (κ3) is 6.02. The molecule has 0 rings (SSSR count). The van der Waals surface area contributed by atoms with E-state index in [1.54, 1.807) is 0 Å². The molecule has 0 heterocycles. The monoisotopic (exact) mass is 188 g/mol. The van der Waals surface area contributed by atoms with Crippen molar-refractivity contribution in [3.63, 3.8) is 0 Å². The second-order valence-electron chi connectivity index (χ2n) is 4.55. The lowest BCUT2D eigenvalue weighted by atomic mass is 9.93. The smallest absolute Gasteiger partial charge is 0.0639 e. The molecule has 0 radical (unpaired) electrons. The van der Waals surface area contributed by atoms with E-state index in [0.29, 0.717) is 6.54 Å². The average Bonchev–Trinajstić information content (AvgIpc) is 2.02. The number of rotatable bonds is 6. The molecule has 0 aliphatic heterocycles. The van der Waals surface area contributed by atoms with Crippen LogP contribution in [0.15, 0.2) is 0 Å². The first-order valence-electron chi connectivity index (χ1n) is 5.01. The van der Waals surface area contributed by atoms with Crippen LogP contribution in [-0.4, -0.2) is 42.3 Å². The van der Waals surface area contributed by atoms with Gasteiger partial charge in [-0.2, -0.15) is 0 Å². The first-order chi connectivity index (χ1) is 5.91. The van der Waals surface area contributed by atoms with E-state index in [1.807, 2.05) is 6.92 Å². The maximum atomic E-state index is 9.25. The van der Waals surface area contributed by atoms with Crippen LogP contribution in [0.5, 0.6) is 0 Å². The molecule has 0 saturated carbocycles. The largest absolute Gasteiger partial charge is 0.392 e. The van der Waals surface area contributed by atoms with Gasteiger partial charge < -0.3 is 15.7 Å². The fraction of sp³-hybridized carbons (Fsp3) is 1.00. The molecule has 3 heteroatoms. The quantitative estimate of drug-likeness (QED) is 0.644. The van der Waals surface area contributed by atoms with Crippen molar-refractivity contribution in [1.82, 2.24) is 4.90 Å². The number of aliphatic hydroxyl groups excluding tert-OH is 1. The first kappa shape index (κ1) is 12.9. The van der Waals surface area contributed by atoms with E-state index in [0.717, 1.165) is 19.6 Å². The maximum Gasteiger partial charge on any atom is 0.0639 e. The molecule has 0 unspecified atom stereocenters. The molecule has 0 aromatic heterocycles. The minimum atomic E-state index is -0.256. The lowest BCUT2D eigenvalue weighted by Gasteiger charge is -2.31. The summed E-state index contributed by atoms with van der Waals surface area (Å²) in [5.74, 6) is 0. The van der Waals surface area contributed by atoms with Gasteiger partial charge in [0.25, 0.3) is 0 Å². The van der Waals surface area contributed by atoms with Gasteiger partial charge in [-0.1, -0.05) is 20.8 Å². The highest BCUT2D eigenvalue weighted by molar-refractivity contribution is 4.74. The summed E-state index contributed by atoms with van der Waals surface area (Å²) in [6.45, 7) is 11.6. The Bertz CT molecular complexity index is 135. The number of nitrogens with zero attached hydrogens (tertiary/aromatic N) is 1. The molecular weight excluding hydrogens is 164 g/mol. The van der Waals surface area contributed by atoms with Crippen LogP contribution in [-0.2, 0) is 0 Å². The van der Waals surface area contributed by atoms with Crippen LogP contribution in [0.2, 0.25) is 0 Å². The Morgan fingerprint density at radius 3 is 2.31 bits per heavy atom. The highest BCUT2D eigenvalue weighted by Crippen LogP contribution is 2.14. The Morgan fingerprint density at radius 1 is 1.46 bits per heavy atom. The third-order valence-electron chi connectivity index (χ3n) is 2.17. The number of hydrogen-bond donors (Lipinski definition) is 2. The molecule has 0 spiro atoms. The van der Waals surface area contributed by atoms with Gasteiger partial charge in [0.05, 0.1) is 6.10 Å². The summed E-state index contributed by atoms with van der Waals surface area (Å²) >= 11 is 0. The predicted octanol–water partition coefficient (Wildman–Crippen LogP) is 0.674. The van der Waals surface area contributed by atoms with Crippen molar-refractivity contribution in [2.45, 2.75) is 33.8 Å². The molecule has 0 aromatic rings. The molecular formula is C10H24N2O. The lowest BCUT2D eigenvalue weighted by molar-refractivity contribution is 0.104. The zero-order valence-corrected chi connectivity index (χ0v) is 9.38. The summed E-state index contributed by atoms with van der Waals surface area (Å²) in [6.07, 6.45) is -0.256. The van der Waals surface area contributed by atoms with E-state index < -0.39 is 0 Å².